The Morgan fingerprint density at radius 1 is 0.925 bits per heavy atom. The van der Waals surface area contributed by atoms with Crippen molar-refractivity contribution in [2.24, 2.45) is 0 Å². The summed E-state index contributed by atoms with van der Waals surface area (Å²) in [7, 11) is -4.11. The second-order valence-electron chi connectivity index (χ2n) is 10.1. The van der Waals surface area contributed by atoms with Crippen LogP contribution >= 0.6 is 11.6 Å². The Hall–Kier alpha value is -3.36. The summed E-state index contributed by atoms with van der Waals surface area (Å²) in [6.07, 6.45) is 1.74. The number of anilines is 1. The van der Waals surface area contributed by atoms with E-state index < -0.39 is 28.5 Å². The molecule has 0 bridgehead atoms. The van der Waals surface area contributed by atoms with Crippen molar-refractivity contribution in [1.82, 2.24) is 10.2 Å². The van der Waals surface area contributed by atoms with Crippen LogP contribution in [0, 0.1) is 20.8 Å². The fourth-order valence-electron chi connectivity index (χ4n) is 4.24. The van der Waals surface area contributed by atoms with Gasteiger partial charge in [0.25, 0.3) is 10.0 Å². The fourth-order valence-corrected chi connectivity index (χ4v) is 5.84. The van der Waals surface area contributed by atoms with Gasteiger partial charge in [-0.3, -0.25) is 13.9 Å². The van der Waals surface area contributed by atoms with Crippen molar-refractivity contribution in [3.63, 3.8) is 0 Å². The number of amides is 2. The Morgan fingerprint density at radius 3 is 2.17 bits per heavy atom. The maximum absolute atomic E-state index is 14.0. The average Bonchev–Trinajstić information content (AvgIpc) is 2.92. The van der Waals surface area contributed by atoms with Crippen LogP contribution in [-0.4, -0.2) is 44.3 Å². The highest BCUT2D eigenvalue weighted by Gasteiger charge is 2.33. The monoisotopic (exact) mass is 583 g/mol. The van der Waals surface area contributed by atoms with E-state index in [2.05, 4.69) is 5.32 Å². The van der Waals surface area contributed by atoms with E-state index in [0.29, 0.717) is 22.8 Å². The molecule has 7 nitrogen and oxygen atoms in total. The molecule has 0 heterocycles. The molecule has 0 aliphatic carbocycles. The second kappa shape index (κ2) is 13.8. The number of unbranched alkanes of at least 4 members (excludes halogenated alkanes) is 1. The van der Waals surface area contributed by atoms with E-state index in [-0.39, 0.29) is 17.3 Å². The third kappa shape index (κ3) is 7.86. The molecule has 0 saturated carbocycles. The maximum atomic E-state index is 14.0. The Balaban J connectivity index is 2.04. The third-order valence-corrected chi connectivity index (χ3v) is 8.81. The van der Waals surface area contributed by atoms with Crippen LogP contribution in [0.2, 0.25) is 5.02 Å². The molecule has 1 N–H and O–H groups in total. The van der Waals surface area contributed by atoms with Gasteiger partial charge in [0.15, 0.2) is 0 Å². The van der Waals surface area contributed by atoms with E-state index in [1.165, 1.54) is 4.90 Å². The topological polar surface area (TPSA) is 86.8 Å². The molecule has 40 heavy (non-hydrogen) atoms. The number of rotatable bonds is 12. The number of sulfonamides is 1. The lowest BCUT2D eigenvalue weighted by Crippen LogP contribution is -2.51. The highest BCUT2D eigenvalue weighted by molar-refractivity contribution is 7.92. The van der Waals surface area contributed by atoms with Crippen LogP contribution in [0.3, 0.4) is 0 Å². The lowest BCUT2D eigenvalue weighted by Gasteiger charge is -2.32. The van der Waals surface area contributed by atoms with E-state index in [4.69, 9.17) is 11.6 Å². The molecule has 3 aromatic carbocycles. The van der Waals surface area contributed by atoms with E-state index in [1.54, 1.807) is 61.5 Å². The van der Waals surface area contributed by atoms with Gasteiger partial charge < -0.3 is 10.2 Å². The number of nitrogens with zero attached hydrogens (tertiary/aromatic N) is 2. The lowest BCUT2D eigenvalue weighted by molar-refractivity contribution is -0.139. The summed E-state index contributed by atoms with van der Waals surface area (Å²) in [5.74, 6) is -0.792. The van der Waals surface area contributed by atoms with E-state index in [0.717, 1.165) is 33.8 Å². The third-order valence-electron chi connectivity index (χ3n) is 6.78. The molecule has 3 rings (SSSR count). The van der Waals surface area contributed by atoms with Gasteiger partial charge in [0.1, 0.15) is 12.6 Å². The highest BCUT2D eigenvalue weighted by atomic mass is 35.5. The van der Waals surface area contributed by atoms with Crippen molar-refractivity contribution >= 4 is 39.1 Å². The summed E-state index contributed by atoms with van der Waals surface area (Å²) in [6.45, 7) is 9.39. The number of halogens is 1. The van der Waals surface area contributed by atoms with Gasteiger partial charge in [-0.05, 0) is 81.1 Å². The van der Waals surface area contributed by atoms with Crippen molar-refractivity contribution in [2.75, 3.05) is 17.4 Å². The SMILES string of the molecule is CCCCNC(=O)[C@H](C)N(Cc1ccc(Cl)cc1)C(=O)CN(c1cc(C)ccc1C)S(=O)(=O)c1ccc(C)cc1. The number of carbonyl (C=O) groups excluding carboxylic acids is 2. The van der Waals surface area contributed by atoms with Gasteiger partial charge >= 0.3 is 0 Å². The summed E-state index contributed by atoms with van der Waals surface area (Å²) < 4.78 is 29.2. The van der Waals surface area contributed by atoms with Gasteiger partial charge in [-0.15, -0.1) is 0 Å². The molecule has 3 aromatic rings. The first kappa shape index (κ1) is 31.2. The van der Waals surface area contributed by atoms with Crippen molar-refractivity contribution < 1.29 is 18.0 Å². The average molecular weight is 584 g/mol. The molecule has 1 atom stereocenters. The second-order valence-corrected chi connectivity index (χ2v) is 12.4. The summed E-state index contributed by atoms with van der Waals surface area (Å²) >= 11 is 6.06. The minimum atomic E-state index is -4.11. The van der Waals surface area contributed by atoms with Crippen LogP contribution < -0.4 is 9.62 Å². The number of hydrogen-bond donors (Lipinski definition) is 1. The zero-order chi connectivity index (χ0) is 29.4. The molecule has 0 aliphatic heterocycles. The number of carbonyl (C=O) groups is 2. The van der Waals surface area contributed by atoms with Gasteiger partial charge in [-0.2, -0.15) is 0 Å². The molecule has 0 fully saturated rings. The van der Waals surface area contributed by atoms with E-state index >= 15 is 0 Å². The Kier molecular flexibility index (Phi) is 10.8. The van der Waals surface area contributed by atoms with Gasteiger partial charge in [0, 0.05) is 18.1 Å². The lowest BCUT2D eigenvalue weighted by atomic mass is 10.1. The van der Waals surface area contributed by atoms with Crippen LogP contribution in [0.4, 0.5) is 5.69 Å². The quantitative estimate of drug-likeness (QED) is 0.273. The number of nitrogens with one attached hydrogen (secondary N) is 1. The van der Waals surface area contributed by atoms with Gasteiger partial charge in [-0.1, -0.05) is 66.9 Å². The molecule has 0 unspecified atom stereocenters. The molecule has 0 aliphatic rings. The smallest absolute Gasteiger partial charge is 0.264 e. The van der Waals surface area contributed by atoms with Crippen molar-refractivity contribution in [3.05, 3.63) is 94.0 Å². The van der Waals surface area contributed by atoms with E-state index in [1.807, 2.05) is 39.8 Å². The number of benzene rings is 3. The fraction of sp³-hybridized carbons (Fsp3) is 0.355. The van der Waals surface area contributed by atoms with Gasteiger partial charge in [0.05, 0.1) is 10.6 Å². The first-order chi connectivity index (χ1) is 18.9. The predicted molar refractivity (Wildman–Crippen MR) is 161 cm³/mol. The first-order valence-electron chi connectivity index (χ1n) is 13.4. The first-order valence-corrected chi connectivity index (χ1v) is 15.2. The molecular formula is C31H38ClN3O4S. The summed E-state index contributed by atoms with van der Waals surface area (Å²) in [4.78, 5) is 28.6. The zero-order valence-corrected chi connectivity index (χ0v) is 25.3. The van der Waals surface area contributed by atoms with Crippen LogP contribution in [0.1, 0.15) is 48.9 Å². The van der Waals surface area contributed by atoms with Crippen molar-refractivity contribution in [2.45, 2.75) is 64.9 Å². The molecule has 2 amide bonds. The molecule has 0 saturated heterocycles. The normalized spacial score (nSPS) is 12.1. The molecule has 0 radical (unpaired) electrons. The summed E-state index contributed by atoms with van der Waals surface area (Å²) in [5.41, 5.74) is 3.68. The summed E-state index contributed by atoms with van der Waals surface area (Å²) in [5, 5.41) is 3.44. The maximum Gasteiger partial charge on any atom is 0.264 e. The number of aryl methyl sites for hydroxylation is 3. The molecular weight excluding hydrogens is 546 g/mol. The van der Waals surface area contributed by atoms with Crippen LogP contribution in [-0.2, 0) is 26.2 Å². The minimum absolute atomic E-state index is 0.0846. The summed E-state index contributed by atoms with van der Waals surface area (Å²) in [6, 6.07) is 18.2. The van der Waals surface area contributed by atoms with Crippen LogP contribution in [0.5, 0.6) is 0 Å². The minimum Gasteiger partial charge on any atom is -0.354 e. The molecule has 214 valence electrons. The molecule has 9 heteroatoms. The largest absolute Gasteiger partial charge is 0.354 e. The van der Waals surface area contributed by atoms with Crippen LogP contribution in [0.15, 0.2) is 71.6 Å². The Morgan fingerprint density at radius 2 is 1.55 bits per heavy atom. The van der Waals surface area contributed by atoms with Crippen molar-refractivity contribution in [1.29, 1.82) is 0 Å². The van der Waals surface area contributed by atoms with Crippen LogP contribution in [0.25, 0.3) is 0 Å². The van der Waals surface area contributed by atoms with E-state index in [9.17, 15) is 18.0 Å². The zero-order valence-electron chi connectivity index (χ0n) is 23.8. The standard InChI is InChI=1S/C31H38ClN3O4S/c1-6-7-18-33-31(37)25(5)34(20-26-12-14-27(32)15-13-26)30(36)21-35(29-19-23(3)8-11-24(29)4)40(38,39)28-16-9-22(2)10-17-28/h8-17,19,25H,6-7,18,20-21H2,1-5H3,(H,33,37)/t25-/m0/s1. The van der Waals surface area contributed by atoms with Gasteiger partial charge in [-0.25, -0.2) is 8.42 Å². The Labute approximate surface area is 243 Å². The molecule has 0 aromatic heterocycles. The Bertz CT molecular complexity index is 1420. The highest BCUT2D eigenvalue weighted by Crippen LogP contribution is 2.29. The molecule has 0 spiro atoms. The van der Waals surface area contributed by atoms with Crippen molar-refractivity contribution in [3.8, 4) is 0 Å². The van der Waals surface area contributed by atoms with Gasteiger partial charge in [0.2, 0.25) is 11.8 Å². The predicted octanol–water partition coefficient (Wildman–Crippen LogP) is 5.79. The number of hydrogen-bond acceptors (Lipinski definition) is 4.